The number of nitrogens with zero attached hydrogens (tertiary/aromatic N) is 2. The van der Waals surface area contributed by atoms with Crippen LogP contribution in [-0.4, -0.2) is 29.0 Å². The molecule has 0 saturated carbocycles. The molecule has 0 unspecified atom stereocenters. The van der Waals surface area contributed by atoms with Gasteiger partial charge in [-0.15, -0.1) is 0 Å². The molecule has 1 aromatic heterocycles. The number of anilines is 1. The maximum Gasteiger partial charge on any atom is 0.131 e. The lowest BCUT2D eigenvalue weighted by molar-refractivity contribution is 0.206. The van der Waals surface area contributed by atoms with Crippen molar-refractivity contribution in [2.45, 2.75) is 25.4 Å². The van der Waals surface area contributed by atoms with Gasteiger partial charge in [0.25, 0.3) is 0 Å². The van der Waals surface area contributed by atoms with Crippen molar-refractivity contribution in [2.75, 3.05) is 18.8 Å². The Morgan fingerprint density at radius 2 is 1.70 bits per heavy atom. The van der Waals surface area contributed by atoms with E-state index in [0.717, 1.165) is 54.4 Å². The van der Waals surface area contributed by atoms with Crippen LogP contribution in [0, 0.1) is 0 Å². The van der Waals surface area contributed by atoms with Gasteiger partial charge in [-0.2, -0.15) is 0 Å². The summed E-state index contributed by atoms with van der Waals surface area (Å²) >= 11 is 12.4. The maximum absolute atomic E-state index is 6.21. The molecule has 4 rings (SSSR count). The lowest BCUT2D eigenvalue weighted by Crippen LogP contribution is -2.39. The second-order valence-electron chi connectivity index (χ2n) is 7.21. The average molecular weight is 401 g/mol. The fraction of sp³-hybridized carbons (Fsp3) is 0.286. The SMILES string of the molecule is Nc1ncc(-c2cc(Cl)cc(Cl)c2)c2cc(CN3CCC(N)CC3)ccc12. The van der Waals surface area contributed by atoms with Crippen molar-refractivity contribution >= 4 is 39.8 Å². The highest BCUT2D eigenvalue weighted by atomic mass is 35.5. The molecule has 0 amide bonds. The third kappa shape index (κ3) is 4.04. The zero-order valence-electron chi connectivity index (χ0n) is 15.0. The Labute approximate surface area is 169 Å². The van der Waals surface area contributed by atoms with Crippen LogP contribution in [0.4, 0.5) is 5.82 Å². The standard InChI is InChI=1S/C21H22Cl2N4/c22-15-8-14(9-16(23)10-15)20-11-26-21(25)18-2-1-13(7-19(18)20)12-27-5-3-17(24)4-6-27/h1-2,7-11,17H,3-6,12,24H2,(H2,25,26). The summed E-state index contributed by atoms with van der Waals surface area (Å²) in [5.41, 5.74) is 15.3. The Kier molecular flexibility index (Phi) is 5.24. The van der Waals surface area contributed by atoms with Crippen LogP contribution >= 0.6 is 23.2 Å². The molecule has 2 heterocycles. The minimum atomic E-state index is 0.336. The molecule has 6 heteroatoms. The number of pyridine rings is 1. The monoisotopic (exact) mass is 400 g/mol. The fourth-order valence-electron chi connectivity index (χ4n) is 3.72. The van der Waals surface area contributed by atoms with E-state index < -0.39 is 0 Å². The zero-order valence-corrected chi connectivity index (χ0v) is 16.5. The number of benzene rings is 2. The molecule has 0 radical (unpaired) electrons. The summed E-state index contributed by atoms with van der Waals surface area (Å²) in [5, 5.41) is 3.20. The molecule has 27 heavy (non-hydrogen) atoms. The van der Waals surface area contributed by atoms with E-state index >= 15 is 0 Å². The summed E-state index contributed by atoms with van der Waals surface area (Å²) in [4.78, 5) is 6.81. The Bertz CT molecular complexity index is 961. The maximum atomic E-state index is 6.21. The van der Waals surface area contributed by atoms with Gasteiger partial charge in [-0.1, -0.05) is 35.3 Å². The molecule has 0 bridgehead atoms. The second-order valence-corrected chi connectivity index (χ2v) is 8.08. The topological polar surface area (TPSA) is 68.2 Å². The van der Waals surface area contributed by atoms with E-state index in [-0.39, 0.29) is 0 Å². The van der Waals surface area contributed by atoms with Crippen LogP contribution < -0.4 is 11.5 Å². The van der Waals surface area contributed by atoms with Crippen molar-refractivity contribution in [3.63, 3.8) is 0 Å². The fourth-order valence-corrected chi connectivity index (χ4v) is 4.24. The summed E-state index contributed by atoms with van der Waals surface area (Å²) in [6.45, 7) is 2.98. The van der Waals surface area contributed by atoms with Crippen molar-refractivity contribution in [1.29, 1.82) is 0 Å². The summed E-state index contributed by atoms with van der Waals surface area (Å²) in [7, 11) is 0. The summed E-state index contributed by atoms with van der Waals surface area (Å²) in [6, 6.07) is 12.3. The number of hydrogen-bond acceptors (Lipinski definition) is 4. The number of nitrogen functional groups attached to an aromatic ring is 1. The van der Waals surface area contributed by atoms with E-state index in [1.807, 2.05) is 12.1 Å². The Hall–Kier alpha value is -1.85. The first-order valence-corrected chi connectivity index (χ1v) is 9.87. The van der Waals surface area contributed by atoms with Crippen LogP contribution in [0.15, 0.2) is 42.6 Å². The molecule has 140 valence electrons. The molecule has 1 saturated heterocycles. The Morgan fingerprint density at radius 3 is 2.41 bits per heavy atom. The van der Waals surface area contributed by atoms with Crippen LogP contribution in [0.2, 0.25) is 10.0 Å². The number of fused-ring (bicyclic) bond motifs is 1. The first-order valence-electron chi connectivity index (χ1n) is 9.11. The van der Waals surface area contributed by atoms with E-state index in [1.165, 1.54) is 5.56 Å². The van der Waals surface area contributed by atoms with Crippen molar-refractivity contribution < 1.29 is 0 Å². The summed E-state index contributed by atoms with van der Waals surface area (Å²) in [5.74, 6) is 0.525. The third-order valence-electron chi connectivity index (χ3n) is 5.19. The van der Waals surface area contributed by atoms with Crippen molar-refractivity contribution in [1.82, 2.24) is 9.88 Å². The van der Waals surface area contributed by atoms with Crippen molar-refractivity contribution in [3.8, 4) is 11.1 Å². The van der Waals surface area contributed by atoms with Gasteiger partial charge in [0, 0.05) is 39.8 Å². The smallest absolute Gasteiger partial charge is 0.131 e. The normalized spacial score (nSPS) is 16.1. The van der Waals surface area contributed by atoms with Gasteiger partial charge in [0.1, 0.15) is 5.82 Å². The highest BCUT2D eigenvalue weighted by Gasteiger charge is 2.17. The van der Waals surface area contributed by atoms with Gasteiger partial charge >= 0.3 is 0 Å². The van der Waals surface area contributed by atoms with Crippen molar-refractivity contribution in [2.24, 2.45) is 5.73 Å². The van der Waals surface area contributed by atoms with Crippen molar-refractivity contribution in [3.05, 3.63) is 58.2 Å². The molecule has 4 nitrogen and oxygen atoms in total. The number of halogens is 2. The Balaban J connectivity index is 1.74. The van der Waals surface area contributed by atoms with E-state index in [2.05, 4.69) is 28.1 Å². The van der Waals surface area contributed by atoms with Crippen LogP contribution in [0.25, 0.3) is 21.9 Å². The van der Waals surface area contributed by atoms with Gasteiger partial charge in [-0.05, 0) is 66.7 Å². The highest BCUT2D eigenvalue weighted by molar-refractivity contribution is 6.35. The van der Waals surface area contributed by atoms with Gasteiger partial charge in [0.05, 0.1) is 0 Å². The van der Waals surface area contributed by atoms with Crippen LogP contribution in [0.5, 0.6) is 0 Å². The third-order valence-corrected chi connectivity index (χ3v) is 5.63. The average Bonchev–Trinajstić information content (AvgIpc) is 2.63. The molecule has 0 atom stereocenters. The first-order chi connectivity index (χ1) is 13.0. The molecule has 1 aliphatic rings. The zero-order chi connectivity index (χ0) is 19.0. The molecule has 1 aliphatic heterocycles. The molecular weight excluding hydrogens is 379 g/mol. The van der Waals surface area contributed by atoms with Crippen LogP contribution in [0.1, 0.15) is 18.4 Å². The predicted octanol–water partition coefficient (Wildman–Crippen LogP) is 4.71. The molecule has 4 N–H and O–H groups in total. The quantitative estimate of drug-likeness (QED) is 0.667. The lowest BCUT2D eigenvalue weighted by Gasteiger charge is -2.30. The predicted molar refractivity (Wildman–Crippen MR) is 114 cm³/mol. The second kappa shape index (κ2) is 7.64. The molecule has 1 fully saturated rings. The number of nitrogens with two attached hydrogens (primary N) is 2. The molecular formula is C21H22Cl2N4. The number of hydrogen-bond donors (Lipinski definition) is 2. The van der Waals surface area contributed by atoms with E-state index in [1.54, 1.807) is 12.3 Å². The largest absolute Gasteiger partial charge is 0.383 e. The van der Waals surface area contributed by atoms with E-state index in [9.17, 15) is 0 Å². The summed E-state index contributed by atoms with van der Waals surface area (Å²) < 4.78 is 0. The summed E-state index contributed by atoms with van der Waals surface area (Å²) in [6.07, 6.45) is 3.90. The molecule has 2 aromatic carbocycles. The lowest BCUT2D eigenvalue weighted by atomic mass is 9.98. The first kappa shape index (κ1) is 18.5. The van der Waals surface area contributed by atoms with Gasteiger partial charge in [-0.3, -0.25) is 4.90 Å². The number of piperidine rings is 1. The highest BCUT2D eigenvalue weighted by Crippen LogP contribution is 2.34. The minimum Gasteiger partial charge on any atom is -0.383 e. The van der Waals surface area contributed by atoms with Gasteiger partial charge in [-0.25, -0.2) is 4.98 Å². The number of likely N-dealkylation sites (tertiary alicyclic amines) is 1. The van der Waals surface area contributed by atoms with Gasteiger partial charge < -0.3 is 11.5 Å². The molecule has 3 aromatic rings. The van der Waals surface area contributed by atoms with Crippen LogP contribution in [-0.2, 0) is 6.54 Å². The van der Waals surface area contributed by atoms with Crippen LogP contribution in [0.3, 0.4) is 0 Å². The van der Waals surface area contributed by atoms with E-state index in [0.29, 0.717) is 21.9 Å². The minimum absolute atomic E-state index is 0.336. The van der Waals surface area contributed by atoms with Gasteiger partial charge in [0.15, 0.2) is 0 Å². The molecule has 0 aliphatic carbocycles. The van der Waals surface area contributed by atoms with Gasteiger partial charge in [0.2, 0.25) is 0 Å². The Morgan fingerprint density at radius 1 is 1.00 bits per heavy atom. The number of rotatable bonds is 3. The van der Waals surface area contributed by atoms with E-state index in [4.69, 9.17) is 34.7 Å². The number of aromatic nitrogens is 1. The molecule has 0 spiro atoms.